The zero-order valence-corrected chi connectivity index (χ0v) is 13.7. The SMILES string of the molecule is CC(C)CCC(C)NC(=O)CN(C)CC1CCNCC1. The fourth-order valence-electron chi connectivity index (χ4n) is 2.79. The second kappa shape index (κ2) is 9.35. The maximum Gasteiger partial charge on any atom is 0.234 e. The molecule has 0 bridgehead atoms. The van der Waals surface area contributed by atoms with E-state index in [9.17, 15) is 4.79 Å². The molecule has 1 unspecified atom stereocenters. The normalized spacial score (nSPS) is 18.5. The van der Waals surface area contributed by atoms with Crippen molar-refractivity contribution >= 4 is 5.91 Å². The Labute approximate surface area is 124 Å². The van der Waals surface area contributed by atoms with Crippen molar-refractivity contribution in [3.63, 3.8) is 0 Å². The second-order valence-electron chi connectivity index (χ2n) is 6.83. The minimum Gasteiger partial charge on any atom is -0.353 e. The summed E-state index contributed by atoms with van der Waals surface area (Å²) in [5.41, 5.74) is 0. The maximum absolute atomic E-state index is 12.0. The fourth-order valence-corrected chi connectivity index (χ4v) is 2.79. The quantitative estimate of drug-likeness (QED) is 0.714. The number of nitrogens with one attached hydrogen (secondary N) is 2. The molecule has 4 heteroatoms. The van der Waals surface area contributed by atoms with Crippen LogP contribution in [-0.2, 0) is 4.79 Å². The van der Waals surface area contributed by atoms with Gasteiger partial charge in [0.2, 0.25) is 5.91 Å². The number of rotatable bonds is 8. The zero-order valence-electron chi connectivity index (χ0n) is 13.7. The monoisotopic (exact) mass is 283 g/mol. The lowest BCUT2D eigenvalue weighted by molar-refractivity contribution is -0.122. The Bertz CT molecular complexity index is 275. The minimum absolute atomic E-state index is 0.165. The molecule has 1 aliphatic rings. The number of carbonyl (C=O) groups excluding carboxylic acids is 1. The summed E-state index contributed by atoms with van der Waals surface area (Å²) in [6, 6.07) is 0.289. The lowest BCUT2D eigenvalue weighted by Gasteiger charge is -2.27. The van der Waals surface area contributed by atoms with Gasteiger partial charge in [0.25, 0.3) is 0 Å². The van der Waals surface area contributed by atoms with Crippen LogP contribution in [-0.4, -0.2) is 50.1 Å². The third-order valence-electron chi connectivity index (χ3n) is 4.03. The summed E-state index contributed by atoms with van der Waals surface area (Å²) in [5, 5.41) is 6.49. The van der Waals surface area contributed by atoms with Gasteiger partial charge in [-0.2, -0.15) is 0 Å². The van der Waals surface area contributed by atoms with Crippen LogP contribution in [0, 0.1) is 11.8 Å². The van der Waals surface area contributed by atoms with Gasteiger partial charge in [0.05, 0.1) is 6.54 Å². The van der Waals surface area contributed by atoms with Gasteiger partial charge < -0.3 is 10.6 Å². The van der Waals surface area contributed by atoms with Crippen LogP contribution in [0.5, 0.6) is 0 Å². The molecule has 0 spiro atoms. The zero-order chi connectivity index (χ0) is 15.0. The van der Waals surface area contributed by atoms with E-state index in [1.54, 1.807) is 0 Å². The van der Waals surface area contributed by atoms with Crippen LogP contribution in [0.2, 0.25) is 0 Å². The number of hydrogen-bond donors (Lipinski definition) is 2. The van der Waals surface area contributed by atoms with Gasteiger partial charge in [-0.05, 0) is 64.6 Å². The van der Waals surface area contributed by atoms with E-state index in [2.05, 4.69) is 43.4 Å². The van der Waals surface area contributed by atoms with E-state index in [1.807, 2.05) is 0 Å². The van der Waals surface area contributed by atoms with Gasteiger partial charge in [0, 0.05) is 12.6 Å². The van der Waals surface area contributed by atoms with Crippen molar-refractivity contribution < 1.29 is 4.79 Å². The van der Waals surface area contributed by atoms with Crippen molar-refractivity contribution in [1.29, 1.82) is 0 Å². The van der Waals surface area contributed by atoms with Crippen molar-refractivity contribution in [2.45, 2.75) is 52.5 Å². The maximum atomic E-state index is 12.0. The molecule has 0 radical (unpaired) electrons. The molecule has 1 heterocycles. The number of amides is 1. The van der Waals surface area contributed by atoms with Gasteiger partial charge in [-0.25, -0.2) is 0 Å². The highest BCUT2D eigenvalue weighted by Gasteiger charge is 2.17. The van der Waals surface area contributed by atoms with Crippen LogP contribution in [0.15, 0.2) is 0 Å². The first-order chi connectivity index (χ1) is 9.47. The Hall–Kier alpha value is -0.610. The van der Waals surface area contributed by atoms with Gasteiger partial charge >= 0.3 is 0 Å². The first-order valence-corrected chi connectivity index (χ1v) is 8.16. The Morgan fingerprint density at radius 2 is 1.90 bits per heavy atom. The molecule has 1 fully saturated rings. The van der Waals surface area contributed by atoms with Gasteiger partial charge in [0.1, 0.15) is 0 Å². The molecule has 20 heavy (non-hydrogen) atoms. The lowest BCUT2D eigenvalue weighted by Crippen LogP contribution is -2.42. The van der Waals surface area contributed by atoms with E-state index >= 15 is 0 Å². The van der Waals surface area contributed by atoms with Crippen LogP contribution < -0.4 is 10.6 Å². The average Bonchev–Trinajstić information content (AvgIpc) is 2.37. The highest BCUT2D eigenvalue weighted by atomic mass is 16.2. The molecule has 1 saturated heterocycles. The molecule has 0 aliphatic carbocycles. The molecule has 1 aliphatic heterocycles. The van der Waals surface area contributed by atoms with Crippen LogP contribution in [0.3, 0.4) is 0 Å². The van der Waals surface area contributed by atoms with Crippen LogP contribution in [0.25, 0.3) is 0 Å². The van der Waals surface area contributed by atoms with Crippen molar-refractivity contribution in [3.05, 3.63) is 0 Å². The molecule has 1 atom stereocenters. The van der Waals surface area contributed by atoms with E-state index in [1.165, 1.54) is 19.3 Å². The molecule has 118 valence electrons. The number of nitrogens with zero attached hydrogens (tertiary/aromatic N) is 1. The molecule has 1 amide bonds. The molecular formula is C16H33N3O. The van der Waals surface area contributed by atoms with E-state index in [4.69, 9.17) is 0 Å². The summed E-state index contributed by atoms with van der Waals surface area (Å²) in [6.07, 6.45) is 4.71. The average molecular weight is 283 g/mol. The Morgan fingerprint density at radius 3 is 2.50 bits per heavy atom. The predicted octanol–water partition coefficient (Wildman–Crippen LogP) is 1.86. The molecule has 0 saturated carbocycles. The Kier molecular flexibility index (Phi) is 8.15. The van der Waals surface area contributed by atoms with Crippen LogP contribution >= 0.6 is 0 Å². The van der Waals surface area contributed by atoms with E-state index in [-0.39, 0.29) is 11.9 Å². The fraction of sp³-hybridized carbons (Fsp3) is 0.938. The van der Waals surface area contributed by atoms with Gasteiger partial charge in [-0.1, -0.05) is 13.8 Å². The van der Waals surface area contributed by atoms with Crippen molar-refractivity contribution in [3.8, 4) is 0 Å². The molecule has 4 nitrogen and oxygen atoms in total. The van der Waals surface area contributed by atoms with Gasteiger partial charge in [-0.15, -0.1) is 0 Å². The second-order valence-corrected chi connectivity index (χ2v) is 6.83. The first kappa shape index (κ1) is 17.4. The van der Waals surface area contributed by atoms with E-state index < -0.39 is 0 Å². The third kappa shape index (κ3) is 7.85. The smallest absolute Gasteiger partial charge is 0.234 e. The number of hydrogen-bond acceptors (Lipinski definition) is 3. The first-order valence-electron chi connectivity index (χ1n) is 8.16. The van der Waals surface area contributed by atoms with Crippen molar-refractivity contribution in [1.82, 2.24) is 15.5 Å². The Balaban J connectivity index is 2.16. The highest BCUT2D eigenvalue weighted by molar-refractivity contribution is 5.78. The highest BCUT2D eigenvalue weighted by Crippen LogP contribution is 2.12. The summed E-state index contributed by atoms with van der Waals surface area (Å²) in [4.78, 5) is 14.2. The minimum atomic E-state index is 0.165. The molecule has 0 aromatic carbocycles. The summed E-state index contributed by atoms with van der Waals surface area (Å²) < 4.78 is 0. The summed E-state index contributed by atoms with van der Waals surface area (Å²) in [5.74, 6) is 1.61. The van der Waals surface area contributed by atoms with Gasteiger partial charge in [-0.3, -0.25) is 9.69 Å². The molecule has 1 rings (SSSR count). The van der Waals surface area contributed by atoms with E-state index in [0.29, 0.717) is 12.5 Å². The summed E-state index contributed by atoms with van der Waals surface area (Å²) >= 11 is 0. The molecular weight excluding hydrogens is 250 g/mol. The van der Waals surface area contributed by atoms with E-state index in [0.717, 1.165) is 32.0 Å². The summed E-state index contributed by atoms with van der Waals surface area (Å²) in [7, 11) is 2.06. The molecule has 0 aromatic heterocycles. The summed E-state index contributed by atoms with van der Waals surface area (Å²) in [6.45, 7) is 10.4. The van der Waals surface area contributed by atoms with Crippen molar-refractivity contribution in [2.75, 3.05) is 33.2 Å². The molecule has 2 N–H and O–H groups in total. The molecule has 0 aromatic rings. The van der Waals surface area contributed by atoms with Crippen LogP contribution in [0.4, 0.5) is 0 Å². The predicted molar refractivity (Wildman–Crippen MR) is 84.8 cm³/mol. The van der Waals surface area contributed by atoms with Crippen LogP contribution in [0.1, 0.15) is 46.5 Å². The standard InChI is InChI=1S/C16H33N3O/c1-13(2)5-6-14(3)18-16(20)12-19(4)11-15-7-9-17-10-8-15/h13-15,17H,5-12H2,1-4H3,(H,18,20). The number of likely N-dealkylation sites (N-methyl/N-ethyl adjacent to an activating group) is 1. The number of carbonyl (C=O) groups is 1. The number of piperidine rings is 1. The topological polar surface area (TPSA) is 44.4 Å². The largest absolute Gasteiger partial charge is 0.353 e. The third-order valence-corrected chi connectivity index (χ3v) is 4.03. The van der Waals surface area contributed by atoms with Gasteiger partial charge in [0.15, 0.2) is 0 Å². The van der Waals surface area contributed by atoms with Crippen molar-refractivity contribution in [2.24, 2.45) is 11.8 Å². The lowest BCUT2D eigenvalue weighted by atomic mass is 9.98. The Morgan fingerprint density at radius 1 is 1.25 bits per heavy atom.